The van der Waals surface area contributed by atoms with E-state index in [9.17, 15) is 34.2 Å². The minimum atomic E-state index is -2.32. The van der Waals surface area contributed by atoms with Gasteiger partial charge in [0.15, 0.2) is 23.4 Å². The molecule has 3 aliphatic carbocycles. The van der Waals surface area contributed by atoms with E-state index >= 15 is 4.79 Å². The fourth-order valence-electron chi connectivity index (χ4n) is 10.2. The normalized spacial score (nSPS) is 32.7. The van der Waals surface area contributed by atoms with Crippen LogP contribution in [0.15, 0.2) is 102 Å². The number of amides is 1. The number of ketones is 1. The lowest BCUT2D eigenvalue weighted by molar-refractivity contribution is -0.315. The number of hydrogen-bond acceptors (Lipinski definition) is 14. The van der Waals surface area contributed by atoms with Crippen molar-refractivity contribution in [2.75, 3.05) is 6.61 Å². The molecule has 61 heavy (non-hydrogen) atoms. The number of rotatable bonds is 10. The number of esters is 4. The molecule has 15 heteroatoms. The Morgan fingerprint density at radius 3 is 2.00 bits per heavy atom. The van der Waals surface area contributed by atoms with E-state index in [1.54, 1.807) is 99.6 Å². The lowest BCUT2D eigenvalue weighted by Gasteiger charge is -2.63. The molecule has 320 valence electrons. The Morgan fingerprint density at radius 2 is 1.43 bits per heavy atom. The molecule has 0 aromatic heterocycles. The van der Waals surface area contributed by atoms with Gasteiger partial charge in [-0.3, -0.25) is 19.2 Å². The van der Waals surface area contributed by atoms with E-state index in [1.165, 1.54) is 19.1 Å². The standard InChI is InChI=1S/C46H47NO14/c1-24-30(58-42(54)35(50)34(27-15-9-6-10-16-27)47-40(52)28-17-11-7-12-18-28)22-45(55)39(59-41(53)29-19-13-8-14-20-29)37-44(60-26(3)49)23-56-31(44)21-32-46(37,61-32)38(51)36(57-25(2)48)33(24)43(45,4)5/h6-20,30-32,34-37,39,50,55H,21-23H2,1-5H3,(H,47,52). The van der Waals surface area contributed by atoms with Gasteiger partial charge in [-0.25, -0.2) is 9.59 Å². The zero-order valence-electron chi connectivity index (χ0n) is 34.2. The van der Waals surface area contributed by atoms with Crippen molar-refractivity contribution in [2.45, 2.75) is 107 Å². The summed E-state index contributed by atoms with van der Waals surface area (Å²) in [5.41, 5.74) is -6.47. The molecule has 4 fully saturated rings. The van der Waals surface area contributed by atoms with E-state index < -0.39 is 113 Å². The molecule has 2 heterocycles. The Morgan fingerprint density at radius 1 is 0.820 bits per heavy atom. The number of epoxide rings is 1. The van der Waals surface area contributed by atoms with E-state index in [2.05, 4.69) is 5.32 Å². The molecule has 2 saturated carbocycles. The first-order chi connectivity index (χ1) is 29.0. The van der Waals surface area contributed by atoms with Crippen LogP contribution in [0.4, 0.5) is 0 Å². The molecule has 3 aromatic carbocycles. The second kappa shape index (κ2) is 15.3. The van der Waals surface area contributed by atoms with Crippen LogP contribution in [0.25, 0.3) is 0 Å². The average molecular weight is 838 g/mol. The zero-order valence-corrected chi connectivity index (χ0v) is 34.2. The van der Waals surface area contributed by atoms with Crippen LogP contribution in [-0.4, -0.2) is 106 Å². The number of ether oxygens (including phenoxy) is 6. The maximum absolute atomic E-state index is 15.4. The van der Waals surface area contributed by atoms with Crippen LogP contribution in [0.2, 0.25) is 0 Å². The molecule has 2 saturated heterocycles. The fraction of sp³-hybridized carbons (Fsp3) is 0.435. The van der Waals surface area contributed by atoms with Crippen LogP contribution in [0, 0.1) is 11.3 Å². The van der Waals surface area contributed by atoms with E-state index in [1.807, 2.05) is 0 Å². The summed E-state index contributed by atoms with van der Waals surface area (Å²) in [6, 6.07) is 23.2. The van der Waals surface area contributed by atoms with Gasteiger partial charge in [0.25, 0.3) is 5.91 Å². The van der Waals surface area contributed by atoms with Gasteiger partial charge in [-0.15, -0.1) is 0 Å². The third-order valence-corrected chi connectivity index (χ3v) is 13.2. The number of Topliss-reactive ketones (excluding diaryl/α,β-unsaturated/α-hetero) is 1. The van der Waals surface area contributed by atoms with E-state index in [4.69, 9.17) is 28.4 Å². The predicted octanol–water partition coefficient (Wildman–Crippen LogP) is 3.51. The zero-order chi connectivity index (χ0) is 43.6. The third-order valence-electron chi connectivity index (χ3n) is 13.2. The second-order valence-corrected chi connectivity index (χ2v) is 17.0. The van der Waals surface area contributed by atoms with Crippen molar-refractivity contribution in [3.8, 4) is 0 Å². The topological polar surface area (TPSA) is 214 Å². The highest BCUT2D eigenvalue weighted by Crippen LogP contribution is 2.67. The number of carbonyl (C=O) groups is 6. The summed E-state index contributed by atoms with van der Waals surface area (Å²) in [7, 11) is 0. The van der Waals surface area contributed by atoms with Crippen LogP contribution in [0.1, 0.15) is 79.8 Å². The highest BCUT2D eigenvalue weighted by molar-refractivity contribution is 6.00. The van der Waals surface area contributed by atoms with Crippen LogP contribution in [0.5, 0.6) is 0 Å². The van der Waals surface area contributed by atoms with Crippen molar-refractivity contribution < 1.29 is 67.4 Å². The van der Waals surface area contributed by atoms with Gasteiger partial charge >= 0.3 is 23.9 Å². The van der Waals surface area contributed by atoms with Gasteiger partial charge in [-0.1, -0.05) is 80.6 Å². The Labute approximate surface area is 351 Å². The quantitative estimate of drug-likeness (QED) is 0.115. The van der Waals surface area contributed by atoms with Crippen molar-refractivity contribution in [3.05, 3.63) is 119 Å². The van der Waals surface area contributed by atoms with Crippen molar-refractivity contribution in [1.29, 1.82) is 0 Å². The number of carbonyl (C=O) groups excluding carboxylic acids is 6. The summed E-state index contributed by atoms with van der Waals surface area (Å²) >= 11 is 0. The summed E-state index contributed by atoms with van der Waals surface area (Å²) < 4.78 is 36.7. The first-order valence-corrected chi connectivity index (χ1v) is 20.2. The highest BCUT2D eigenvalue weighted by Gasteiger charge is 2.86. The maximum Gasteiger partial charge on any atom is 0.338 e. The minimum Gasteiger partial charge on any atom is -0.456 e. The molecule has 11 unspecified atom stereocenters. The molecule has 1 spiro atoms. The molecule has 5 aliphatic rings. The Balaban J connectivity index is 1.26. The summed E-state index contributed by atoms with van der Waals surface area (Å²) in [5, 5.41) is 28.1. The van der Waals surface area contributed by atoms with Crippen LogP contribution in [0.3, 0.4) is 0 Å². The van der Waals surface area contributed by atoms with Gasteiger partial charge < -0.3 is 44.0 Å². The third kappa shape index (κ3) is 6.74. The number of aliphatic hydroxyl groups excluding tert-OH is 1. The summed E-state index contributed by atoms with van der Waals surface area (Å²) in [6.45, 7) is 6.80. The SMILES string of the molecule is CC(=O)OC1C(=O)C23OC2CC2OCC2(OC(C)=O)C3C(OC(=O)c2ccccc2)C2(O)CC(OC(=O)C(O)C(NC(=O)c3ccccc3)c3ccccc3)C(C)=C1C2(C)C. The summed E-state index contributed by atoms with van der Waals surface area (Å²) in [4.78, 5) is 83.1. The average Bonchev–Trinajstić information content (AvgIpc) is 3.96. The monoisotopic (exact) mass is 837 g/mol. The fourth-order valence-corrected chi connectivity index (χ4v) is 10.2. The van der Waals surface area contributed by atoms with Gasteiger partial charge in [0.1, 0.15) is 23.9 Å². The number of hydrogen-bond donors (Lipinski definition) is 3. The number of fused-ring (bicyclic) bond motifs is 4. The predicted molar refractivity (Wildman–Crippen MR) is 211 cm³/mol. The van der Waals surface area contributed by atoms with Gasteiger partial charge in [0.2, 0.25) is 5.78 Å². The van der Waals surface area contributed by atoms with Crippen molar-refractivity contribution in [3.63, 3.8) is 0 Å². The largest absolute Gasteiger partial charge is 0.456 e. The molecule has 0 radical (unpaired) electrons. The summed E-state index contributed by atoms with van der Waals surface area (Å²) in [5.74, 6) is -6.43. The number of benzene rings is 3. The van der Waals surface area contributed by atoms with Crippen LogP contribution < -0.4 is 5.32 Å². The molecular weight excluding hydrogens is 790 g/mol. The molecule has 15 nitrogen and oxygen atoms in total. The van der Waals surface area contributed by atoms with Gasteiger partial charge in [-0.05, 0) is 47.9 Å². The lowest BCUT2D eigenvalue weighted by Crippen LogP contribution is -2.80. The molecule has 3 aromatic rings. The highest BCUT2D eigenvalue weighted by atomic mass is 16.7. The Bertz CT molecular complexity index is 2300. The molecule has 8 rings (SSSR count). The van der Waals surface area contributed by atoms with Crippen molar-refractivity contribution >= 4 is 35.6 Å². The molecular formula is C46H47NO14. The lowest BCUT2D eigenvalue weighted by atomic mass is 9.49. The first-order valence-electron chi connectivity index (χ1n) is 20.2. The van der Waals surface area contributed by atoms with E-state index in [0.29, 0.717) is 5.56 Å². The molecule has 2 aliphatic heterocycles. The molecule has 2 bridgehead atoms. The molecule has 1 amide bonds. The van der Waals surface area contributed by atoms with Crippen LogP contribution >= 0.6 is 0 Å². The minimum absolute atomic E-state index is 0.0575. The van der Waals surface area contributed by atoms with Gasteiger partial charge in [-0.2, -0.15) is 0 Å². The first kappa shape index (κ1) is 42.0. The van der Waals surface area contributed by atoms with E-state index in [0.717, 1.165) is 6.92 Å². The van der Waals surface area contributed by atoms with Crippen molar-refractivity contribution in [2.24, 2.45) is 11.3 Å². The number of aliphatic hydroxyl groups is 2. The van der Waals surface area contributed by atoms with Crippen LogP contribution in [-0.2, 0) is 47.6 Å². The Hall–Kier alpha value is -5.74. The van der Waals surface area contributed by atoms with Gasteiger partial charge in [0.05, 0.1) is 30.2 Å². The Kier molecular flexibility index (Phi) is 10.5. The second-order valence-electron chi connectivity index (χ2n) is 17.0. The molecule has 3 N–H and O–H groups in total. The maximum atomic E-state index is 15.4. The summed E-state index contributed by atoms with van der Waals surface area (Å²) in [6.07, 6.45) is -9.02. The van der Waals surface area contributed by atoms with Gasteiger partial charge in [0, 0.05) is 37.7 Å². The number of nitrogens with one attached hydrogen (secondary N) is 1. The van der Waals surface area contributed by atoms with E-state index in [-0.39, 0.29) is 35.3 Å². The smallest absolute Gasteiger partial charge is 0.338 e. The molecule has 11 atom stereocenters. The van der Waals surface area contributed by atoms with Crippen molar-refractivity contribution in [1.82, 2.24) is 5.32 Å².